The van der Waals surface area contributed by atoms with E-state index in [0.717, 1.165) is 32.4 Å². The van der Waals surface area contributed by atoms with Crippen molar-refractivity contribution in [1.82, 2.24) is 4.90 Å². The molecule has 0 aliphatic carbocycles. The molecule has 76 valence electrons. The minimum atomic E-state index is -0.0601. The first-order valence-electron chi connectivity index (χ1n) is 4.82. The Kier molecular flexibility index (Phi) is 2.53. The second-order valence-electron chi connectivity index (χ2n) is 4.09. The number of fused-ring (bicyclic) bond motifs is 1. The Hall–Kier alpha value is -0.190. The third-order valence-electron chi connectivity index (χ3n) is 3.43. The van der Waals surface area contributed by atoms with Crippen LogP contribution in [0.25, 0.3) is 0 Å². The lowest BCUT2D eigenvalue weighted by Gasteiger charge is -2.29. The monoisotopic (exact) mass is 189 g/mol. The molecule has 2 fully saturated rings. The molecule has 2 aliphatic heterocycles. The molecule has 2 saturated heterocycles. The zero-order valence-electron chi connectivity index (χ0n) is 7.96. The predicted octanol–water partition coefficient (Wildman–Crippen LogP) is 1.14. The smallest absolute Gasteiger partial charge is 0.106 e. The second-order valence-corrected chi connectivity index (χ2v) is 4.09. The lowest BCUT2D eigenvalue weighted by molar-refractivity contribution is -0.161. The molecule has 0 radical (unpaired) electrons. The molecule has 0 aromatic rings. The number of ether oxygens (including phenoxy) is 1. The van der Waals surface area contributed by atoms with E-state index in [1.807, 2.05) is 0 Å². The highest BCUT2D eigenvalue weighted by atomic mass is 19.3. The van der Waals surface area contributed by atoms with Crippen molar-refractivity contribution in [2.75, 3.05) is 26.8 Å². The van der Waals surface area contributed by atoms with Crippen molar-refractivity contribution >= 4 is 0 Å². The SMILES string of the molecule is COC1CN2CCCC2(COF)C1. The normalized spacial score (nSPS) is 39.7. The van der Waals surface area contributed by atoms with Gasteiger partial charge in [0, 0.05) is 13.7 Å². The first-order valence-corrected chi connectivity index (χ1v) is 4.82. The standard InChI is InChI=1S/C9H16FNO2/c1-12-8-5-9(7-13-10)3-2-4-11(9)6-8/h8H,2-7H2,1H3. The maximum Gasteiger partial charge on any atom is 0.106 e. The van der Waals surface area contributed by atoms with E-state index in [1.54, 1.807) is 7.11 Å². The second kappa shape index (κ2) is 3.52. The summed E-state index contributed by atoms with van der Waals surface area (Å²) in [5.74, 6) is 0. The van der Waals surface area contributed by atoms with Crippen LogP contribution in [0, 0.1) is 0 Å². The summed E-state index contributed by atoms with van der Waals surface area (Å²) in [6, 6.07) is 0. The van der Waals surface area contributed by atoms with Crippen molar-refractivity contribution in [3.05, 3.63) is 0 Å². The summed E-state index contributed by atoms with van der Waals surface area (Å²) < 4.78 is 17.2. The van der Waals surface area contributed by atoms with E-state index in [0.29, 0.717) is 0 Å². The van der Waals surface area contributed by atoms with Crippen LogP contribution in [-0.4, -0.2) is 43.3 Å². The number of rotatable bonds is 3. The van der Waals surface area contributed by atoms with Crippen molar-refractivity contribution < 1.29 is 14.2 Å². The van der Waals surface area contributed by atoms with Crippen LogP contribution in [-0.2, 0) is 9.68 Å². The van der Waals surface area contributed by atoms with Gasteiger partial charge >= 0.3 is 0 Å². The number of hydrogen-bond donors (Lipinski definition) is 0. The number of halogens is 1. The molecule has 0 N–H and O–H groups in total. The van der Waals surface area contributed by atoms with E-state index in [2.05, 4.69) is 9.84 Å². The zero-order chi connectivity index (χ0) is 9.31. The molecular formula is C9H16FNO2. The highest BCUT2D eigenvalue weighted by Crippen LogP contribution is 2.39. The molecule has 2 rings (SSSR count). The molecule has 2 aliphatic rings. The summed E-state index contributed by atoms with van der Waals surface area (Å²) in [4.78, 5) is 6.13. The van der Waals surface area contributed by atoms with E-state index in [4.69, 9.17) is 4.74 Å². The lowest BCUT2D eigenvalue weighted by Crippen LogP contribution is -2.41. The summed E-state index contributed by atoms with van der Waals surface area (Å²) >= 11 is 0. The minimum absolute atomic E-state index is 0.0601. The van der Waals surface area contributed by atoms with Gasteiger partial charge in [0.2, 0.25) is 0 Å². The topological polar surface area (TPSA) is 21.7 Å². The fourth-order valence-electron chi connectivity index (χ4n) is 2.73. The minimum Gasteiger partial charge on any atom is -0.380 e. The summed E-state index contributed by atoms with van der Waals surface area (Å²) in [6.07, 6.45) is 3.36. The van der Waals surface area contributed by atoms with E-state index < -0.39 is 0 Å². The molecule has 0 amide bonds. The van der Waals surface area contributed by atoms with Gasteiger partial charge in [0.25, 0.3) is 0 Å². The maximum absolute atomic E-state index is 11.9. The largest absolute Gasteiger partial charge is 0.380 e. The first-order chi connectivity index (χ1) is 6.30. The average Bonchev–Trinajstić information content (AvgIpc) is 2.60. The van der Waals surface area contributed by atoms with Crippen molar-refractivity contribution in [1.29, 1.82) is 0 Å². The Balaban J connectivity index is 2.05. The van der Waals surface area contributed by atoms with Crippen LogP contribution in [0.15, 0.2) is 0 Å². The van der Waals surface area contributed by atoms with Crippen molar-refractivity contribution in [2.45, 2.75) is 30.9 Å². The number of nitrogens with zero attached hydrogens (tertiary/aromatic N) is 1. The van der Waals surface area contributed by atoms with E-state index in [1.165, 1.54) is 0 Å². The van der Waals surface area contributed by atoms with E-state index >= 15 is 0 Å². The molecule has 0 aromatic carbocycles. The predicted molar refractivity (Wildman–Crippen MR) is 46.0 cm³/mol. The van der Waals surface area contributed by atoms with Gasteiger partial charge in [-0.2, -0.15) is 4.94 Å². The highest BCUT2D eigenvalue weighted by molar-refractivity contribution is 5.03. The molecule has 0 saturated carbocycles. The Morgan fingerprint density at radius 1 is 1.62 bits per heavy atom. The Morgan fingerprint density at radius 3 is 3.15 bits per heavy atom. The summed E-state index contributed by atoms with van der Waals surface area (Å²) in [5.41, 5.74) is -0.0601. The molecule has 13 heavy (non-hydrogen) atoms. The number of methoxy groups -OCH3 is 1. The third-order valence-corrected chi connectivity index (χ3v) is 3.43. The number of hydrogen-bond acceptors (Lipinski definition) is 3. The van der Waals surface area contributed by atoms with Crippen molar-refractivity contribution in [2.24, 2.45) is 0 Å². The van der Waals surface area contributed by atoms with Crippen LogP contribution in [0.1, 0.15) is 19.3 Å². The molecule has 0 bridgehead atoms. The molecule has 2 heterocycles. The molecule has 2 unspecified atom stereocenters. The highest BCUT2D eigenvalue weighted by Gasteiger charge is 2.48. The summed E-state index contributed by atoms with van der Waals surface area (Å²) in [7, 11) is 1.72. The van der Waals surface area contributed by atoms with Crippen LogP contribution >= 0.6 is 0 Å². The van der Waals surface area contributed by atoms with Crippen LogP contribution in [0.5, 0.6) is 0 Å². The van der Waals surface area contributed by atoms with Crippen LogP contribution in [0.2, 0.25) is 0 Å². The van der Waals surface area contributed by atoms with Gasteiger partial charge in [0.05, 0.1) is 11.6 Å². The van der Waals surface area contributed by atoms with Gasteiger partial charge in [-0.1, -0.05) is 0 Å². The molecule has 0 spiro atoms. The van der Waals surface area contributed by atoms with Gasteiger partial charge in [0.15, 0.2) is 0 Å². The van der Waals surface area contributed by atoms with Gasteiger partial charge in [-0.25, -0.2) is 0 Å². The molecule has 0 aromatic heterocycles. The average molecular weight is 189 g/mol. The quantitative estimate of drug-likeness (QED) is 0.664. The molecular weight excluding hydrogens is 173 g/mol. The summed E-state index contributed by atoms with van der Waals surface area (Å²) in [5, 5.41) is 0. The fourth-order valence-corrected chi connectivity index (χ4v) is 2.73. The van der Waals surface area contributed by atoms with E-state index in [9.17, 15) is 4.53 Å². The lowest BCUT2D eigenvalue weighted by atomic mass is 9.94. The zero-order valence-corrected chi connectivity index (χ0v) is 7.96. The van der Waals surface area contributed by atoms with Crippen LogP contribution in [0.4, 0.5) is 4.53 Å². The van der Waals surface area contributed by atoms with Gasteiger partial charge < -0.3 is 4.74 Å². The van der Waals surface area contributed by atoms with Crippen molar-refractivity contribution in [3.8, 4) is 0 Å². The fraction of sp³-hybridized carbons (Fsp3) is 1.00. The Labute approximate surface area is 77.7 Å². The van der Waals surface area contributed by atoms with Gasteiger partial charge in [-0.3, -0.25) is 4.90 Å². The maximum atomic E-state index is 11.9. The van der Waals surface area contributed by atoms with Gasteiger partial charge in [-0.15, -0.1) is 0 Å². The van der Waals surface area contributed by atoms with Gasteiger partial charge in [-0.05, 0) is 30.3 Å². The van der Waals surface area contributed by atoms with Crippen LogP contribution < -0.4 is 0 Å². The third kappa shape index (κ3) is 1.47. The molecule has 3 nitrogen and oxygen atoms in total. The Bertz CT molecular complexity index is 190. The van der Waals surface area contributed by atoms with Crippen molar-refractivity contribution in [3.63, 3.8) is 0 Å². The van der Waals surface area contributed by atoms with Crippen LogP contribution in [0.3, 0.4) is 0 Å². The first kappa shape index (κ1) is 9.37. The summed E-state index contributed by atoms with van der Waals surface area (Å²) in [6.45, 7) is 2.19. The van der Waals surface area contributed by atoms with Gasteiger partial charge in [0.1, 0.15) is 6.61 Å². The van der Waals surface area contributed by atoms with E-state index in [-0.39, 0.29) is 18.2 Å². The molecule has 4 heteroatoms. The Morgan fingerprint density at radius 2 is 2.46 bits per heavy atom. The molecule has 2 atom stereocenters.